The van der Waals surface area contributed by atoms with E-state index in [2.05, 4.69) is 86.5 Å². The van der Waals surface area contributed by atoms with Gasteiger partial charge in [-0.15, -0.1) is 0 Å². The van der Waals surface area contributed by atoms with Crippen LogP contribution in [0, 0.1) is 0 Å². The first-order valence-electron chi connectivity index (χ1n) is 7.16. The van der Waals surface area contributed by atoms with Gasteiger partial charge in [-0.1, -0.05) is 67.8 Å². The van der Waals surface area contributed by atoms with Crippen molar-refractivity contribution in [2.45, 2.75) is 18.8 Å². The van der Waals surface area contributed by atoms with E-state index in [1.54, 1.807) is 0 Å². The summed E-state index contributed by atoms with van der Waals surface area (Å²) in [5, 5.41) is 0. The molecule has 0 aliphatic heterocycles. The summed E-state index contributed by atoms with van der Waals surface area (Å²) < 4.78 is 2.33. The molecule has 0 saturated heterocycles. The van der Waals surface area contributed by atoms with E-state index in [1.807, 2.05) is 0 Å². The van der Waals surface area contributed by atoms with Gasteiger partial charge >= 0.3 is 0 Å². The molecule has 0 N–H and O–H groups in total. The molecule has 0 radical (unpaired) electrons. The van der Waals surface area contributed by atoms with Gasteiger partial charge in [-0.2, -0.15) is 0 Å². The Balaban J connectivity index is 1.85. The summed E-state index contributed by atoms with van der Waals surface area (Å²) in [5.74, 6) is 0.469. The van der Waals surface area contributed by atoms with Crippen molar-refractivity contribution in [3.8, 4) is 11.1 Å². The van der Waals surface area contributed by atoms with Crippen molar-refractivity contribution in [2.24, 2.45) is 0 Å². The third kappa shape index (κ3) is 2.35. The highest BCUT2D eigenvalue weighted by Crippen LogP contribution is 2.49. The predicted octanol–water partition coefficient (Wildman–Crippen LogP) is 6.60. The van der Waals surface area contributed by atoms with Crippen LogP contribution in [0.15, 0.2) is 69.1 Å². The summed E-state index contributed by atoms with van der Waals surface area (Å²) in [5.41, 5.74) is 7.20. The third-order valence-corrected chi connectivity index (χ3v) is 5.37. The Morgan fingerprint density at radius 1 is 0.905 bits per heavy atom. The first-order valence-corrected chi connectivity index (χ1v) is 8.75. The Morgan fingerprint density at radius 2 is 1.52 bits per heavy atom. The Kier molecular flexibility index (Phi) is 3.39. The molecule has 0 bridgehead atoms. The minimum atomic E-state index is 0.469. The molecule has 0 atom stereocenters. The number of allylic oxidation sites excluding steroid dienone is 4. The van der Waals surface area contributed by atoms with E-state index in [1.165, 1.54) is 27.8 Å². The van der Waals surface area contributed by atoms with Gasteiger partial charge in [-0.3, -0.25) is 0 Å². The maximum atomic E-state index is 3.63. The van der Waals surface area contributed by atoms with Crippen LogP contribution in [0.3, 0.4) is 0 Å². The number of benzene rings is 2. The third-order valence-electron chi connectivity index (χ3n) is 4.38. The van der Waals surface area contributed by atoms with Crippen LogP contribution in [0.1, 0.15) is 29.9 Å². The molecule has 0 aromatic heterocycles. The Bertz CT molecular complexity index is 733. The zero-order chi connectivity index (χ0) is 14.4. The average molecular weight is 402 g/mol. The highest BCUT2D eigenvalue weighted by molar-refractivity contribution is 9.10. The highest BCUT2D eigenvalue weighted by Gasteiger charge is 2.29. The summed E-state index contributed by atoms with van der Waals surface area (Å²) in [6.45, 7) is 0. The summed E-state index contributed by atoms with van der Waals surface area (Å²) in [6, 6.07) is 13.3. The fraction of sp³-hybridized carbons (Fsp3) is 0.158. The zero-order valence-corrected chi connectivity index (χ0v) is 14.6. The molecule has 2 heteroatoms. The molecular weight excluding hydrogens is 388 g/mol. The van der Waals surface area contributed by atoms with Crippen molar-refractivity contribution < 1.29 is 0 Å². The van der Waals surface area contributed by atoms with E-state index in [4.69, 9.17) is 0 Å². The van der Waals surface area contributed by atoms with E-state index in [9.17, 15) is 0 Å². The molecule has 104 valence electrons. The second-order valence-electron chi connectivity index (χ2n) is 5.68. The fourth-order valence-corrected chi connectivity index (χ4v) is 4.18. The van der Waals surface area contributed by atoms with Crippen molar-refractivity contribution >= 4 is 31.9 Å². The molecule has 4 rings (SSSR count). The Morgan fingerprint density at radius 3 is 2.05 bits per heavy atom. The molecular formula is C19H14Br2. The summed E-state index contributed by atoms with van der Waals surface area (Å²) in [7, 11) is 0. The maximum Gasteiger partial charge on any atom is 0.0178 e. The molecule has 2 aromatic rings. The number of hydrogen-bond acceptors (Lipinski definition) is 0. The van der Waals surface area contributed by atoms with Crippen molar-refractivity contribution in [3.05, 3.63) is 80.3 Å². The van der Waals surface area contributed by atoms with Gasteiger partial charge in [-0.05, 0) is 59.4 Å². The van der Waals surface area contributed by atoms with Gasteiger partial charge in [0.1, 0.15) is 0 Å². The van der Waals surface area contributed by atoms with Crippen molar-refractivity contribution in [2.75, 3.05) is 0 Å². The van der Waals surface area contributed by atoms with Crippen LogP contribution < -0.4 is 0 Å². The first kappa shape index (κ1) is 13.5. The molecule has 0 amide bonds. The molecule has 0 fully saturated rings. The highest BCUT2D eigenvalue weighted by atomic mass is 79.9. The summed E-state index contributed by atoms with van der Waals surface area (Å²) >= 11 is 7.26. The number of halogens is 2. The van der Waals surface area contributed by atoms with E-state index < -0.39 is 0 Å². The second-order valence-corrected chi connectivity index (χ2v) is 7.51. The molecule has 21 heavy (non-hydrogen) atoms. The summed E-state index contributed by atoms with van der Waals surface area (Å²) in [4.78, 5) is 0. The van der Waals surface area contributed by atoms with E-state index >= 15 is 0 Å². The molecule has 0 heterocycles. The average Bonchev–Trinajstić information content (AvgIpc) is 3.07. The van der Waals surface area contributed by atoms with Crippen LogP contribution in [0.2, 0.25) is 0 Å². The minimum Gasteiger partial charge on any atom is -0.0805 e. The lowest BCUT2D eigenvalue weighted by Gasteiger charge is -2.15. The molecule has 0 nitrogen and oxygen atoms in total. The lowest BCUT2D eigenvalue weighted by Crippen LogP contribution is -1.98. The number of rotatable bonds is 2. The first-order chi connectivity index (χ1) is 10.2. The van der Waals surface area contributed by atoms with Gasteiger partial charge in [0.15, 0.2) is 0 Å². The number of fused-ring (bicyclic) bond motifs is 3. The predicted molar refractivity (Wildman–Crippen MR) is 95.6 cm³/mol. The molecule has 2 aliphatic rings. The Hall–Kier alpha value is -1.12. The van der Waals surface area contributed by atoms with Crippen molar-refractivity contribution in [1.29, 1.82) is 0 Å². The van der Waals surface area contributed by atoms with Crippen LogP contribution >= 0.6 is 31.9 Å². The van der Waals surface area contributed by atoms with Crippen LogP contribution in [0.25, 0.3) is 11.1 Å². The molecule has 2 aromatic carbocycles. The van der Waals surface area contributed by atoms with Gasteiger partial charge in [-0.25, -0.2) is 0 Å². The summed E-state index contributed by atoms with van der Waals surface area (Å²) in [6.07, 6.45) is 8.90. The van der Waals surface area contributed by atoms with Crippen LogP contribution in [0.4, 0.5) is 0 Å². The monoisotopic (exact) mass is 400 g/mol. The maximum absolute atomic E-state index is 3.63. The van der Waals surface area contributed by atoms with Crippen LogP contribution in [-0.4, -0.2) is 0 Å². The number of hydrogen-bond donors (Lipinski definition) is 0. The standard InChI is InChI=1S/C19H14Br2/c20-13-5-7-15-16-8-6-14(21)11-19(16)17(18(15)10-13)9-12-3-1-2-4-12/h1-3,5-8,10-11,17H,4,9H2. The normalized spacial score (nSPS) is 16.0. The molecule has 0 spiro atoms. The van der Waals surface area contributed by atoms with E-state index in [-0.39, 0.29) is 0 Å². The molecule has 2 aliphatic carbocycles. The fourth-order valence-electron chi connectivity index (χ4n) is 3.43. The molecule has 0 saturated carbocycles. The van der Waals surface area contributed by atoms with Crippen molar-refractivity contribution in [1.82, 2.24) is 0 Å². The van der Waals surface area contributed by atoms with E-state index in [0.717, 1.165) is 21.8 Å². The van der Waals surface area contributed by atoms with Gasteiger partial charge in [0.2, 0.25) is 0 Å². The zero-order valence-electron chi connectivity index (χ0n) is 11.4. The van der Waals surface area contributed by atoms with Crippen LogP contribution in [-0.2, 0) is 0 Å². The quantitative estimate of drug-likeness (QED) is 0.531. The smallest absolute Gasteiger partial charge is 0.0178 e. The van der Waals surface area contributed by atoms with Crippen LogP contribution in [0.5, 0.6) is 0 Å². The topological polar surface area (TPSA) is 0 Å². The van der Waals surface area contributed by atoms with Gasteiger partial charge in [0, 0.05) is 14.9 Å². The SMILES string of the molecule is Brc1ccc2c(c1)C(CC1=CC=CC1)c1cc(Br)ccc1-2. The lowest BCUT2D eigenvalue weighted by atomic mass is 9.90. The van der Waals surface area contributed by atoms with E-state index in [0.29, 0.717) is 5.92 Å². The lowest BCUT2D eigenvalue weighted by molar-refractivity contribution is 0.804. The molecule has 0 unspecified atom stereocenters. The van der Waals surface area contributed by atoms with Crippen molar-refractivity contribution in [3.63, 3.8) is 0 Å². The minimum absolute atomic E-state index is 0.469. The largest absolute Gasteiger partial charge is 0.0805 e. The van der Waals surface area contributed by atoms with Gasteiger partial charge in [0.05, 0.1) is 0 Å². The second kappa shape index (κ2) is 5.26. The van der Waals surface area contributed by atoms with Gasteiger partial charge in [0.25, 0.3) is 0 Å². The van der Waals surface area contributed by atoms with Gasteiger partial charge < -0.3 is 0 Å². The Labute approximate surface area is 141 Å².